The largest absolute Gasteiger partial charge is 0.457 e. The summed E-state index contributed by atoms with van der Waals surface area (Å²) in [6, 6.07) is 28.4. The molecule has 2 heterocycles. The summed E-state index contributed by atoms with van der Waals surface area (Å²) in [5.74, 6) is 1.09. The Morgan fingerprint density at radius 3 is 2.34 bits per heavy atom. The molecule has 1 aromatic heterocycles. The third-order valence-electron chi connectivity index (χ3n) is 5.59. The number of amidine groups is 1. The van der Waals surface area contributed by atoms with Crippen molar-refractivity contribution in [2.24, 2.45) is 4.99 Å². The first-order chi connectivity index (χ1) is 17.0. The van der Waals surface area contributed by atoms with Crippen LogP contribution in [0.4, 0.5) is 5.69 Å². The van der Waals surface area contributed by atoms with Crippen LogP contribution in [-0.4, -0.2) is 16.0 Å². The Balaban J connectivity index is 1.49. The minimum Gasteiger partial charge on any atom is -0.457 e. The fourth-order valence-corrected chi connectivity index (χ4v) is 5.11. The highest BCUT2D eigenvalue weighted by molar-refractivity contribution is 8.18. The van der Waals surface area contributed by atoms with Gasteiger partial charge in [0.25, 0.3) is 5.91 Å². The average Bonchev–Trinajstić information content (AvgIpc) is 3.46. The number of halogens is 2. The van der Waals surface area contributed by atoms with Crippen LogP contribution in [0.5, 0.6) is 0 Å². The molecule has 1 atom stereocenters. The number of nitrogens with zero attached hydrogens (tertiary/aromatic N) is 2. The summed E-state index contributed by atoms with van der Waals surface area (Å²) in [4.78, 5) is 20.6. The SMILES string of the molecule is C[C@H](c1ccccc1)N1C(=O)/C(=C\c2ccc(-c3ccc(Cl)c(Cl)c3)o2)SC1=Nc1ccccc1. The molecule has 0 radical (unpaired) electrons. The first-order valence-electron chi connectivity index (χ1n) is 11.0. The van der Waals surface area contributed by atoms with Crippen LogP contribution in [0.1, 0.15) is 24.3 Å². The average molecular weight is 519 g/mol. The molecule has 35 heavy (non-hydrogen) atoms. The van der Waals surface area contributed by atoms with Crippen molar-refractivity contribution < 1.29 is 9.21 Å². The highest BCUT2D eigenvalue weighted by Gasteiger charge is 2.37. The second kappa shape index (κ2) is 10.2. The number of amides is 1. The van der Waals surface area contributed by atoms with Crippen molar-refractivity contribution in [1.29, 1.82) is 0 Å². The second-order valence-corrected chi connectivity index (χ2v) is 9.76. The van der Waals surface area contributed by atoms with Crippen LogP contribution in [0.2, 0.25) is 10.0 Å². The summed E-state index contributed by atoms with van der Waals surface area (Å²) >= 11 is 13.5. The maximum absolute atomic E-state index is 13.6. The lowest BCUT2D eigenvalue weighted by Gasteiger charge is -2.24. The van der Waals surface area contributed by atoms with Gasteiger partial charge in [-0.1, -0.05) is 71.7 Å². The molecule has 1 saturated heterocycles. The molecule has 4 aromatic rings. The third kappa shape index (κ3) is 5.08. The number of para-hydroxylation sites is 1. The fourth-order valence-electron chi connectivity index (χ4n) is 3.76. The maximum atomic E-state index is 13.6. The summed E-state index contributed by atoms with van der Waals surface area (Å²) in [5.41, 5.74) is 2.62. The number of furan rings is 1. The van der Waals surface area contributed by atoms with Crippen LogP contribution in [-0.2, 0) is 4.79 Å². The quantitative estimate of drug-likeness (QED) is 0.248. The lowest BCUT2D eigenvalue weighted by Crippen LogP contribution is -2.32. The molecule has 0 saturated carbocycles. The lowest BCUT2D eigenvalue weighted by molar-refractivity contribution is -0.123. The summed E-state index contributed by atoms with van der Waals surface area (Å²) in [6.07, 6.45) is 1.76. The van der Waals surface area contributed by atoms with Crippen LogP contribution >= 0.6 is 35.0 Å². The van der Waals surface area contributed by atoms with E-state index in [4.69, 9.17) is 32.6 Å². The van der Waals surface area contributed by atoms with Gasteiger partial charge in [-0.3, -0.25) is 9.69 Å². The highest BCUT2D eigenvalue weighted by Crippen LogP contribution is 2.39. The highest BCUT2D eigenvalue weighted by atomic mass is 35.5. The van der Waals surface area contributed by atoms with Crippen molar-refractivity contribution in [3.63, 3.8) is 0 Å². The topological polar surface area (TPSA) is 45.8 Å². The van der Waals surface area contributed by atoms with Gasteiger partial charge in [0.1, 0.15) is 11.5 Å². The number of benzene rings is 3. The van der Waals surface area contributed by atoms with Gasteiger partial charge in [0.15, 0.2) is 5.17 Å². The van der Waals surface area contributed by atoms with Crippen LogP contribution < -0.4 is 0 Å². The first kappa shape index (κ1) is 23.5. The molecular formula is C28H20Cl2N2O2S. The van der Waals surface area contributed by atoms with Gasteiger partial charge in [0.05, 0.1) is 26.7 Å². The third-order valence-corrected chi connectivity index (χ3v) is 7.31. The summed E-state index contributed by atoms with van der Waals surface area (Å²) < 4.78 is 6.01. The predicted octanol–water partition coefficient (Wildman–Crippen LogP) is 8.62. The number of carbonyl (C=O) groups excluding carboxylic acids is 1. The van der Waals surface area contributed by atoms with Gasteiger partial charge in [-0.05, 0) is 66.7 Å². The molecular weight excluding hydrogens is 499 g/mol. The predicted molar refractivity (Wildman–Crippen MR) is 145 cm³/mol. The van der Waals surface area contributed by atoms with Gasteiger partial charge in [-0.15, -0.1) is 0 Å². The number of hydrogen-bond acceptors (Lipinski definition) is 4. The second-order valence-electron chi connectivity index (χ2n) is 7.93. The minimum atomic E-state index is -0.187. The summed E-state index contributed by atoms with van der Waals surface area (Å²) in [5, 5.41) is 1.56. The van der Waals surface area contributed by atoms with Crippen molar-refractivity contribution in [2.75, 3.05) is 0 Å². The van der Waals surface area contributed by atoms with Gasteiger partial charge in [-0.25, -0.2) is 4.99 Å². The molecule has 0 unspecified atom stereocenters. The molecule has 1 aliphatic rings. The van der Waals surface area contributed by atoms with E-state index >= 15 is 0 Å². The molecule has 4 nitrogen and oxygen atoms in total. The first-order valence-corrected chi connectivity index (χ1v) is 12.5. The molecule has 1 aliphatic heterocycles. The van der Waals surface area contributed by atoms with Gasteiger partial charge >= 0.3 is 0 Å². The summed E-state index contributed by atoms with van der Waals surface area (Å²) in [6.45, 7) is 2.01. The number of carbonyl (C=O) groups is 1. The Morgan fingerprint density at radius 2 is 1.63 bits per heavy atom. The molecule has 7 heteroatoms. The van der Waals surface area contributed by atoms with Crippen molar-refractivity contribution >= 4 is 57.8 Å². The Morgan fingerprint density at radius 1 is 0.914 bits per heavy atom. The molecule has 0 bridgehead atoms. The number of aliphatic imine (C=N–C) groups is 1. The monoisotopic (exact) mass is 518 g/mol. The van der Waals surface area contributed by atoms with Gasteiger partial charge in [0.2, 0.25) is 0 Å². The fraction of sp³-hybridized carbons (Fsp3) is 0.0714. The van der Waals surface area contributed by atoms with E-state index in [2.05, 4.69) is 0 Å². The van der Waals surface area contributed by atoms with Crippen LogP contribution in [0, 0.1) is 0 Å². The molecule has 174 valence electrons. The van der Waals surface area contributed by atoms with E-state index in [1.807, 2.05) is 85.8 Å². The standard InChI is InChI=1S/C28H20Cl2N2O2S/c1-18(19-8-4-2-5-9-19)32-27(33)26(35-28(32)31-21-10-6-3-7-11-21)17-22-13-15-25(34-22)20-12-14-23(29)24(30)16-20/h2-18H,1H3/b26-17+,31-28?/t18-/m1/s1. The maximum Gasteiger partial charge on any atom is 0.267 e. The molecule has 0 spiro atoms. The van der Waals surface area contributed by atoms with E-state index in [0.29, 0.717) is 31.6 Å². The number of thioether (sulfide) groups is 1. The van der Waals surface area contributed by atoms with Crippen molar-refractivity contribution in [2.45, 2.75) is 13.0 Å². The van der Waals surface area contributed by atoms with E-state index in [9.17, 15) is 4.79 Å². The molecule has 1 fully saturated rings. The number of hydrogen-bond donors (Lipinski definition) is 0. The van der Waals surface area contributed by atoms with E-state index in [-0.39, 0.29) is 11.9 Å². The zero-order valence-electron chi connectivity index (χ0n) is 18.7. The van der Waals surface area contributed by atoms with Crippen molar-refractivity contribution in [3.8, 4) is 11.3 Å². The van der Waals surface area contributed by atoms with E-state index in [1.54, 1.807) is 23.1 Å². The molecule has 0 aliphatic carbocycles. The van der Waals surface area contributed by atoms with E-state index in [1.165, 1.54) is 11.8 Å². The van der Waals surface area contributed by atoms with E-state index < -0.39 is 0 Å². The summed E-state index contributed by atoms with van der Waals surface area (Å²) in [7, 11) is 0. The van der Waals surface area contributed by atoms with Crippen LogP contribution in [0.3, 0.4) is 0 Å². The lowest BCUT2D eigenvalue weighted by atomic mass is 10.1. The Labute approximate surface area is 217 Å². The molecule has 3 aromatic carbocycles. The normalized spacial score (nSPS) is 16.9. The molecule has 1 amide bonds. The number of rotatable bonds is 5. The molecule has 5 rings (SSSR count). The zero-order chi connectivity index (χ0) is 24.4. The van der Waals surface area contributed by atoms with Gasteiger partial charge < -0.3 is 4.42 Å². The Hall–Kier alpha value is -3.25. The van der Waals surface area contributed by atoms with Crippen LogP contribution in [0.15, 0.2) is 105 Å². The van der Waals surface area contributed by atoms with E-state index in [0.717, 1.165) is 16.8 Å². The van der Waals surface area contributed by atoms with Gasteiger partial charge in [0, 0.05) is 11.6 Å². The minimum absolute atomic E-state index is 0.117. The zero-order valence-corrected chi connectivity index (χ0v) is 21.0. The smallest absolute Gasteiger partial charge is 0.267 e. The Bertz CT molecular complexity index is 1430. The van der Waals surface area contributed by atoms with Crippen molar-refractivity contribution in [3.05, 3.63) is 117 Å². The van der Waals surface area contributed by atoms with Gasteiger partial charge in [-0.2, -0.15) is 0 Å². The molecule has 0 N–H and O–H groups in total. The Kier molecular flexibility index (Phi) is 6.82. The van der Waals surface area contributed by atoms with Crippen LogP contribution in [0.25, 0.3) is 17.4 Å². The van der Waals surface area contributed by atoms with Crippen molar-refractivity contribution in [1.82, 2.24) is 4.90 Å².